The molecule has 0 aromatic carbocycles. The van der Waals surface area contributed by atoms with Crippen LogP contribution in [-0.4, -0.2) is 14.5 Å². The Bertz CT molecular complexity index is 572. The molecule has 1 atom stereocenters. The molecule has 0 saturated carbocycles. The Morgan fingerprint density at radius 1 is 1.15 bits per heavy atom. The van der Waals surface area contributed by atoms with Crippen molar-refractivity contribution < 1.29 is 0 Å². The van der Waals surface area contributed by atoms with Crippen LogP contribution in [0.3, 0.4) is 0 Å². The maximum atomic E-state index is 6.27. The van der Waals surface area contributed by atoms with E-state index in [0.717, 1.165) is 41.6 Å². The number of nitrogens with zero attached hydrogens (tertiary/aromatic N) is 3. The summed E-state index contributed by atoms with van der Waals surface area (Å²) in [6, 6.07) is 4.03. The highest BCUT2D eigenvalue weighted by Gasteiger charge is 2.15. The van der Waals surface area contributed by atoms with Gasteiger partial charge in [-0.05, 0) is 38.3 Å². The number of alkyl halides is 1. The van der Waals surface area contributed by atoms with Crippen molar-refractivity contribution in [2.75, 3.05) is 0 Å². The lowest BCUT2D eigenvalue weighted by Gasteiger charge is -2.10. The molecule has 0 bridgehead atoms. The summed E-state index contributed by atoms with van der Waals surface area (Å²) in [5, 5.41) is -0.0883. The van der Waals surface area contributed by atoms with Gasteiger partial charge in [0.25, 0.3) is 0 Å². The van der Waals surface area contributed by atoms with Crippen molar-refractivity contribution in [1.29, 1.82) is 0 Å². The van der Waals surface area contributed by atoms with E-state index in [1.807, 2.05) is 26.0 Å². The second-order valence-corrected chi connectivity index (χ2v) is 6.58. The highest BCUT2D eigenvalue weighted by molar-refractivity contribution is 6.20. The summed E-state index contributed by atoms with van der Waals surface area (Å²) in [5.41, 5.74) is 2.94. The predicted molar refractivity (Wildman–Crippen MR) is 85.2 cm³/mol. The lowest BCUT2D eigenvalue weighted by Crippen LogP contribution is -2.06. The molecule has 2 rings (SSSR count). The number of hydrogen-bond acceptors (Lipinski definition) is 2. The van der Waals surface area contributed by atoms with E-state index in [1.165, 1.54) is 12.8 Å². The summed E-state index contributed by atoms with van der Waals surface area (Å²) >= 11 is 6.27. The number of hydrogen-bond donors (Lipinski definition) is 0. The van der Waals surface area contributed by atoms with Crippen molar-refractivity contribution in [3.05, 3.63) is 23.7 Å². The molecule has 0 aliphatic heterocycles. The van der Waals surface area contributed by atoms with Crippen LogP contribution in [0, 0.1) is 12.8 Å². The lowest BCUT2D eigenvalue weighted by atomic mass is 10.1. The Morgan fingerprint density at radius 2 is 1.90 bits per heavy atom. The zero-order valence-corrected chi connectivity index (χ0v) is 13.6. The highest BCUT2D eigenvalue weighted by atomic mass is 35.5. The third kappa shape index (κ3) is 3.51. The lowest BCUT2D eigenvalue weighted by molar-refractivity contribution is 0.506. The fourth-order valence-corrected chi connectivity index (χ4v) is 2.63. The normalized spacial score (nSPS) is 13.3. The first-order valence-electron chi connectivity index (χ1n) is 7.47. The first-order chi connectivity index (χ1) is 9.49. The number of rotatable bonds is 6. The fraction of sp³-hybridized carbons (Fsp3) is 0.625. The molecule has 2 aromatic heterocycles. The largest absolute Gasteiger partial charge is 0.311 e. The number of fused-ring (bicyclic) bond motifs is 1. The summed E-state index contributed by atoms with van der Waals surface area (Å²) in [5.74, 6) is 1.70. The number of halogens is 1. The van der Waals surface area contributed by atoms with Crippen LogP contribution in [0.1, 0.15) is 56.9 Å². The van der Waals surface area contributed by atoms with Crippen molar-refractivity contribution >= 4 is 22.8 Å². The molecule has 0 amide bonds. The van der Waals surface area contributed by atoms with Gasteiger partial charge in [-0.1, -0.05) is 26.7 Å². The van der Waals surface area contributed by atoms with Crippen LogP contribution < -0.4 is 0 Å². The topological polar surface area (TPSA) is 30.7 Å². The highest BCUT2D eigenvalue weighted by Crippen LogP contribution is 2.24. The van der Waals surface area contributed by atoms with Crippen LogP contribution in [0.4, 0.5) is 0 Å². The molecule has 20 heavy (non-hydrogen) atoms. The van der Waals surface area contributed by atoms with Crippen LogP contribution in [0.25, 0.3) is 11.2 Å². The second-order valence-electron chi connectivity index (χ2n) is 5.92. The number of imidazole rings is 1. The van der Waals surface area contributed by atoms with Gasteiger partial charge < -0.3 is 4.57 Å². The minimum absolute atomic E-state index is 0.0883. The average Bonchev–Trinajstić information content (AvgIpc) is 2.73. The first-order valence-corrected chi connectivity index (χ1v) is 7.90. The molecule has 2 aromatic rings. The molecule has 0 aliphatic carbocycles. The zero-order chi connectivity index (χ0) is 14.7. The number of unbranched alkanes of at least 4 members (excludes halogenated alkanes) is 1. The molecular weight excluding hydrogens is 270 g/mol. The third-order valence-corrected chi connectivity index (χ3v) is 3.73. The van der Waals surface area contributed by atoms with E-state index in [2.05, 4.69) is 28.4 Å². The van der Waals surface area contributed by atoms with E-state index in [9.17, 15) is 0 Å². The van der Waals surface area contributed by atoms with Crippen molar-refractivity contribution in [2.24, 2.45) is 5.92 Å². The van der Waals surface area contributed by atoms with Crippen molar-refractivity contribution in [2.45, 2.75) is 58.9 Å². The first kappa shape index (κ1) is 15.3. The van der Waals surface area contributed by atoms with Gasteiger partial charge >= 0.3 is 0 Å². The van der Waals surface area contributed by atoms with E-state index < -0.39 is 0 Å². The Hall–Kier alpha value is -1.09. The molecule has 3 nitrogen and oxygen atoms in total. The van der Waals surface area contributed by atoms with Crippen LogP contribution in [0.5, 0.6) is 0 Å². The van der Waals surface area contributed by atoms with Gasteiger partial charge in [-0.15, -0.1) is 11.6 Å². The van der Waals surface area contributed by atoms with Gasteiger partial charge in [0.2, 0.25) is 0 Å². The summed E-state index contributed by atoms with van der Waals surface area (Å²) in [7, 11) is 0. The second kappa shape index (κ2) is 6.57. The third-order valence-electron chi connectivity index (χ3n) is 3.53. The molecule has 110 valence electrons. The van der Waals surface area contributed by atoms with Gasteiger partial charge in [0.05, 0.1) is 5.38 Å². The summed E-state index contributed by atoms with van der Waals surface area (Å²) in [4.78, 5) is 9.27. The van der Waals surface area contributed by atoms with Crippen LogP contribution >= 0.6 is 11.6 Å². The van der Waals surface area contributed by atoms with E-state index in [1.54, 1.807) is 0 Å². The van der Waals surface area contributed by atoms with E-state index in [0.29, 0.717) is 0 Å². The van der Waals surface area contributed by atoms with E-state index in [4.69, 9.17) is 11.6 Å². The molecule has 0 N–H and O–H groups in total. The number of pyridine rings is 1. The SMILES string of the molecule is Cc1ccc2nc(C(C)Cl)n(CCCCC(C)C)c2n1. The van der Waals surface area contributed by atoms with Gasteiger partial charge in [0, 0.05) is 12.2 Å². The molecule has 0 radical (unpaired) electrons. The fourth-order valence-electron chi connectivity index (χ4n) is 2.46. The zero-order valence-electron chi connectivity index (χ0n) is 12.9. The molecule has 4 heteroatoms. The van der Waals surface area contributed by atoms with Gasteiger partial charge in [0.1, 0.15) is 11.3 Å². The molecule has 0 aliphatic rings. The van der Waals surface area contributed by atoms with Crippen LogP contribution in [0.15, 0.2) is 12.1 Å². The summed E-state index contributed by atoms with van der Waals surface area (Å²) in [6.07, 6.45) is 3.65. The predicted octanol–water partition coefficient (Wildman–Crippen LogP) is 4.87. The Morgan fingerprint density at radius 3 is 2.55 bits per heavy atom. The van der Waals surface area contributed by atoms with Gasteiger partial charge in [-0.25, -0.2) is 9.97 Å². The summed E-state index contributed by atoms with van der Waals surface area (Å²) in [6.45, 7) is 9.47. The minimum atomic E-state index is -0.0883. The molecule has 0 saturated heterocycles. The monoisotopic (exact) mass is 293 g/mol. The Labute approximate surface area is 126 Å². The maximum absolute atomic E-state index is 6.27. The maximum Gasteiger partial charge on any atom is 0.160 e. The van der Waals surface area contributed by atoms with E-state index >= 15 is 0 Å². The number of aryl methyl sites for hydroxylation is 2. The van der Waals surface area contributed by atoms with Gasteiger partial charge in [-0.2, -0.15) is 0 Å². The quantitative estimate of drug-likeness (QED) is 0.562. The Balaban J connectivity index is 2.24. The summed E-state index contributed by atoms with van der Waals surface area (Å²) < 4.78 is 2.19. The van der Waals surface area contributed by atoms with E-state index in [-0.39, 0.29) is 5.38 Å². The van der Waals surface area contributed by atoms with Crippen molar-refractivity contribution in [3.63, 3.8) is 0 Å². The van der Waals surface area contributed by atoms with Crippen LogP contribution in [-0.2, 0) is 6.54 Å². The molecule has 0 fully saturated rings. The van der Waals surface area contributed by atoms with Gasteiger partial charge in [0.15, 0.2) is 5.65 Å². The molecule has 0 spiro atoms. The van der Waals surface area contributed by atoms with Crippen LogP contribution in [0.2, 0.25) is 0 Å². The minimum Gasteiger partial charge on any atom is -0.311 e. The van der Waals surface area contributed by atoms with Gasteiger partial charge in [-0.3, -0.25) is 0 Å². The molecule has 1 unspecified atom stereocenters. The smallest absolute Gasteiger partial charge is 0.160 e. The standard InChI is InChI=1S/C16H24ClN3/c1-11(2)7-5-6-10-20-15(13(4)17)19-14-9-8-12(3)18-16(14)20/h8-9,11,13H,5-7,10H2,1-4H3. The molecular formula is C16H24ClN3. The molecule has 2 heterocycles. The Kier molecular flexibility index (Phi) is 5.03. The van der Waals surface area contributed by atoms with Crippen molar-refractivity contribution in [3.8, 4) is 0 Å². The number of aromatic nitrogens is 3. The average molecular weight is 294 g/mol. The van der Waals surface area contributed by atoms with Crippen molar-refractivity contribution in [1.82, 2.24) is 14.5 Å².